The summed E-state index contributed by atoms with van der Waals surface area (Å²) < 4.78 is 4.55. The van der Waals surface area contributed by atoms with Gasteiger partial charge in [0.25, 0.3) is 6.47 Å². The Balaban J connectivity index is 0.000000224. The van der Waals surface area contributed by atoms with Gasteiger partial charge in [0, 0.05) is 23.5 Å². The lowest BCUT2D eigenvalue weighted by atomic mass is 10.1. The van der Waals surface area contributed by atoms with E-state index >= 15 is 0 Å². The average molecular weight is 261 g/mol. The van der Waals surface area contributed by atoms with Gasteiger partial charge in [0.05, 0.1) is 0 Å². The first-order chi connectivity index (χ1) is 8.98. The number of fused-ring (bicyclic) bond motifs is 1. The van der Waals surface area contributed by atoms with Crippen LogP contribution in [0.4, 0.5) is 0 Å². The second-order valence-corrected chi connectivity index (χ2v) is 5.06. The highest BCUT2D eigenvalue weighted by Crippen LogP contribution is 2.17. The molecule has 4 nitrogen and oxygen atoms in total. The molecule has 0 aliphatic carbocycles. The number of aromatic nitrogens is 1. The summed E-state index contributed by atoms with van der Waals surface area (Å²) in [4.78, 5) is 23.0. The van der Waals surface area contributed by atoms with Crippen molar-refractivity contribution < 1.29 is 14.3 Å². The van der Waals surface area contributed by atoms with Gasteiger partial charge in [0.2, 0.25) is 0 Å². The maximum absolute atomic E-state index is 10.3. The summed E-state index contributed by atoms with van der Waals surface area (Å²) in [5.74, 6) is 0. The van der Waals surface area contributed by atoms with Crippen molar-refractivity contribution in [3.05, 3.63) is 36.0 Å². The molecule has 1 aromatic carbocycles. The van der Waals surface area contributed by atoms with Crippen LogP contribution in [0.3, 0.4) is 0 Å². The number of nitrogens with one attached hydrogen (secondary N) is 1. The molecule has 0 radical (unpaired) electrons. The van der Waals surface area contributed by atoms with E-state index in [0.29, 0.717) is 12.9 Å². The molecule has 1 N–H and O–H groups in total. The number of aldehydes is 1. The molecule has 102 valence electrons. The molecule has 0 amide bonds. The number of rotatable bonds is 3. The summed E-state index contributed by atoms with van der Waals surface area (Å²) in [6.07, 6.45) is 3.30. The Labute approximate surface area is 112 Å². The molecule has 0 saturated carbocycles. The molecule has 0 fully saturated rings. The van der Waals surface area contributed by atoms with Crippen LogP contribution in [0.15, 0.2) is 30.5 Å². The van der Waals surface area contributed by atoms with E-state index in [1.54, 1.807) is 0 Å². The van der Waals surface area contributed by atoms with E-state index in [1.165, 1.54) is 0 Å². The standard InChI is InChI=1S/C10H9NO.C5H10O2/c12-6-5-8-7-11-10-4-2-1-3-9(8)10;1-5(2,3)7-4-6/h1-4,6-7,11H,5H2;4H,1-3H3. The van der Waals surface area contributed by atoms with E-state index in [-0.39, 0.29) is 5.60 Å². The third kappa shape index (κ3) is 4.95. The maximum Gasteiger partial charge on any atom is 0.293 e. The number of hydrogen-bond donors (Lipinski definition) is 1. The Morgan fingerprint density at radius 2 is 1.89 bits per heavy atom. The molecular formula is C15H19NO3. The van der Waals surface area contributed by atoms with E-state index in [2.05, 4.69) is 9.72 Å². The van der Waals surface area contributed by atoms with Crippen molar-refractivity contribution in [2.24, 2.45) is 0 Å². The van der Waals surface area contributed by atoms with E-state index in [9.17, 15) is 9.59 Å². The molecule has 0 aliphatic rings. The highest BCUT2D eigenvalue weighted by molar-refractivity contribution is 5.84. The number of carbonyl (C=O) groups is 2. The minimum absolute atomic E-state index is 0.318. The van der Waals surface area contributed by atoms with Crippen LogP contribution in [0.5, 0.6) is 0 Å². The lowest BCUT2D eigenvalue weighted by molar-refractivity contribution is -0.138. The zero-order chi connectivity index (χ0) is 14.3. The van der Waals surface area contributed by atoms with Gasteiger partial charge in [-0.2, -0.15) is 0 Å². The van der Waals surface area contributed by atoms with Crippen LogP contribution < -0.4 is 0 Å². The van der Waals surface area contributed by atoms with Crippen LogP contribution >= 0.6 is 0 Å². The van der Waals surface area contributed by atoms with E-state index in [0.717, 1.165) is 22.8 Å². The van der Waals surface area contributed by atoms with Gasteiger partial charge < -0.3 is 14.5 Å². The van der Waals surface area contributed by atoms with Gasteiger partial charge in [0.1, 0.15) is 11.9 Å². The molecule has 1 aromatic heterocycles. The molecule has 1 heterocycles. The number of H-pyrrole nitrogens is 1. The van der Waals surface area contributed by atoms with Crippen LogP contribution in [0, 0.1) is 0 Å². The number of para-hydroxylation sites is 1. The molecule has 19 heavy (non-hydrogen) atoms. The van der Waals surface area contributed by atoms with Crippen molar-refractivity contribution >= 4 is 23.7 Å². The molecule has 0 atom stereocenters. The zero-order valence-corrected chi connectivity index (χ0v) is 11.5. The fourth-order valence-corrected chi connectivity index (χ4v) is 1.53. The Hall–Kier alpha value is -2.10. The first kappa shape index (κ1) is 15.0. The van der Waals surface area contributed by atoms with Crippen LogP contribution in [-0.4, -0.2) is 23.3 Å². The van der Waals surface area contributed by atoms with Crippen molar-refractivity contribution in [2.45, 2.75) is 32.8 Å². The summed E-state index contributed by atoms with van der Waals surface area (Å²) in [5.41, 5.74) is 1.84. The summed E-state index contributed by atoms with van der Waals surface area (Å²) in [6.45, 7) is 5.92. The Morgan fingerprint density at radius 1 is 1.21 bits per heavy atom. The second kappa shape index (κ2) is 6.73. The monoisotopic (exact) mass is 261 g/mol. The first-order valence-corrected chi connectivity index (χ1v) is 6.08. The molecule has 0 unspecified atom stereocenters. The lowest BCUT2D eigenvalue weighted by Crippen LogP contribution is -2.17. The molecule has 2 rings (SSSR count). The van der Waals surface area contributed by atoms with Gasteiger partial charge in [0.15, 0.2) is 0 Å². The predicted molar refractivity (Wildman–Crippen MR) is 75.0 cm³/mol. The molecule has 0 saturated heterocycles. The number of ether oxygens (including phenoxy) is 1. The quantitative estimate of drug-likeness (QED) is 0.864. The second-order valence-electron chi connectivity index (χ2n) is 5.06. The summed E-state index contributed by atoms with van der Waals surface area (Å²) in [5, 5.41) is 1.14. The fraction of sp³-hybridized carbons (Fsp3) is 0.333. The third-order valence-electron chi connectivity index (χ3n) is 2.38. The van der Waals surface area contributed by atoms with Crippen LogP contribution in [0.25, 0.3) is 10.9 Å². The van der Waals surface area contributed by atoms with Crippen molar-refractivity contribution in [1.29, 1.82) is 0 Å². The van der Waals surface area contributed by atoms with Gasteiger partial charge in [-0.25, -0.2) is 0 Å². The number of carbonyl (C=O) groups excluding carboxylic acids is 2. The molecule has 0 bridgehead atoms. The maximum atomic E-state index is 10.3. The number of benzene rings is 1. The van der Waals surface area contributed by atoms with E-state index < -0.39 is 0 Å². The topological polar surface area (TPSA) is 59.2 Å². The van der Waals surface area contributed by atoms with Crippen LogP contribution in [-0.2, 0) is 20.7 Å². The highest BCUT2D eigenvalue weighted by atomic mass is 16.5. The molecule has 2 aromatic rings. The summed E-state index contributed by atoms with van der Waals surface area (Å²) in [7, 11) is 0. The summed E-state index contributed by atoms with van der Waals surface area (Å²) in [6, 6.07) is 7.97. The van der Waals surface area contributed by atoms with Crippen molar-refractivity contribution in [1.82, 2.24) is 4.98 Å². The third-order valence-corrected chi connectivity index (χ3v) is 2.38. The minimum Gasteiger partial charge on any atom is -0.462 e. The summed E-state index contributed by atoms with van der Waals surface area (Å²) >= 11 is 0. The smallest absolute Gasteiger partial charge is 0.293 e. The highest BCUT2D eigenvalue weighted by Gasteiger charge is 2.07. The van der Waals surface area contributed by atoms with Crippen molar-refractivity contribution in [2.75, 3.05) is 0 Å². The minimum atomic E-state index is -0.318. The van der Waals surface area contributed by atoms with Crippen LogP contribution in [0.2, 0.25) is 0 Å². The lowest BCUT2D eigenvalue weighted by Gasteiger charge is -2.14. The van der Waals surface area contributed by atoms with Gasteiger partial charge in [-0.3, -0.25) is 4.79 Å². The SMILES string of the molecule is CC(C)(C)OC=O.O=CCc1c[nH]c2ccccc12. The van der Waals surface area contributed by atoms with Crippen molar-refractivity contribution in [3.63, 3.8) is 0 Å². The number of hydrogen-bond acceptors (Lipinski definition) is 3. The molecule has 0 aliphatic heterocycles. The van der Waals surface area contributed by atoms with E-state index in [4.69, 9.17) is 0 Å². The largest absolute Gasteiger partial charge is 0.462 e. The predicted octanol–water partition coefficient (Wildman–Crippen LogP) is 2.87. The van der Waals surface area contributed by atoms with Crippen molar-refractivity contribution in [3.8, 4) is 0 Å². The zero-order valence-electron chi connectivity index (χ0n) is 11.5. The molecule has 4 heteroatoms. The van der Waals surface area contributed by atoms with Gasteiger partial charge in [-0.05, 0) is 32.4 Å². The normalized spacial score (nSPS) is 10.5. The molecule has 0 spiro atoms. The van der Waals surface area contributed by atoms with Crippen LogP contribution in [0.1, 0.15) is 26.3 Å². The Morgan fingerprint density at radius 3 is 2.42 bits per heavy atom. The van der Waals surface area contributed by atoms with Gasteiger partial charge in [-0.15, -0.1) is 0 Å². The first-order valence-electron chi connectivity index (χ1n) is 6.08. The Kier molecular flexibility index (Phi) is 5.30. The Bertz CT molecular complexity index is 538. The van der Waals surface area contributed by atoms with E-state index in [1.807, 2.05) is 51.2 Å². The number of aromatic amines is 1. The average Bonchev–Trinajstić information content (AvgIpc) is 2.73. The fourth-order valence-electron chi connectivity index (χ4n) is 1.53. The van der Waals surface area contributed by atoms with Gasteiger partial charge in [-0.1, -0.05) is 18.2 Å². The molecular weight excluding hydrogens is 242 g/mol. The van der Waals surface area contributed by atoms with Gasteiger partial charge >= 0.3 is 0 Å².